The van der Waals surface area contributed by atoms with E-state index in [1.807, 2.05) is 86.6 Å². The summed E-state index contributed by atoms with van der Waals surface area (Å²) in [5.74, 6) is 0.0868. The van der Waals surface area contributed by atoms with Crippen LogP contribution in [-0.4, -0.2) is 21.3 Å². The highest BCUT2D eigenvalue weighted by Gasteiger charge is 2.13. The van der Waals surface area contributed by atoms with Gasteiger partial charge in [0.1, 0.15) is 18.2 Å². The van der Waals surface area contributed by atoms with Gasteiger partial charge in [0.25, 0.3) is 5.91 Å². The van der Waals surface area contributed by atoms with E-state index in [2.05, 4.69) is 50.9 Å². The first-order valence-corrected chi connectivity index (χ1v) is 14.7. The predicted molar refractivity (Wildman–Crippen MR) is 177 cm³/mol. The zero-order chi connectivity index (χ0) is 31.3. The second kappa shape index (κ2) is 12.9. The maximum Gasteiger partial charge on any atom is 0.271 e. The van der Waals surface area contributed by atoms with E-state index in [1.165, 1.54) is 6.07 Å². The third kappa shape index (κ3) is 6.33. The molecule has 0 atom stereocenters. The Hall–Kier alpha value is -5.69. The van der Waals surface area contributed by atoms with Crippen LogP contribution in [0.4, 0.5) is 4.39 Å². The number of hydrazone groups is 1. The number of aryl methyl sites for hydroxylation is 2. The summed E-state index contributed by atoms with van der Waals surface area (Å²) >= 11 is 0. The summed E-state index contributed by atoms with van der Waals surface area (Å²) < 4.78 is 24.0. The van der Waals surface area contributed by atoms with Gasteiger partial charge in [-0.05, 0) is 99.1 Å². The third-order valence-electron chi connectivity index (χ3n) is 7.82. The summed E-state index contributed by atoms with van der Waals surface area (Å²) in [7, 11) is 0. The number of rotatable bonds is 9. The molecule has 0 aliphatic rings. The van der Waals surface area contributed by atoms with E-state index in [0.29, 0.717) is 16.9 Å². The van der Waals surface area contributed by atoms with Crippen molar-refractivity contribution in [2.45, 2.75) is 27.4 Å². The fourth-order valence-corrected chi connectivity index (χ4v) is 5.49. The molecule has 0 saturated heterocycles. The number of hydrogen-bond donors (Lipinski definition) is 1. The van der Waals surface area contributed by atoms with Gasteiger partial charge in [0.15, 0.2) is 0 Å². The average molecular weight is 597 g/mol. The topological polar surface area (TPSA) is 60.5 Å². The van der Waals surface area contributed by atoms with Gasteiger partial charge in [-0.2, -0.15) is 5.10 Å². The number of nitrogens with one attached hydrogen (secondary N) is 1. The largest absolute Gasteiger partial charge is 0.489 e. The zero-order valence-electron chi connectivity index (χ0n) is 25.4. The van der Waals surface area contributed by atoms with Crippen LogP contribution in [0.15, 0.2) is 126 Å². The van der Waals surface area contributed by atoms with Crippen LogP contribution in [0.1, 0.15) is 38.6 Å². The first-order valence-electron chi connectivity index (χ1n) is 14.7. The lowest BCUT2D eigenvalue weighted by molar-refractivity contribution is 0.0955. The van der Waals surface area contributed by atoms with Crippen molar-refractivity contribution in [2.75, 3.05) is 0 Å². The lowest BCUT2D eigenvalue weighted by atomic mass is 10.1. The van der Waals surface area contributed by atoms with Crippen molar-refractivity contribution < 1.29 is 13.9 Å². The van der Waals surface area contributed by atoms with Gasteiger partial charge in [0.2, 0.25) is 0 Å². The Balaban J connectivity index is 1.10. The standard InChI is InChI=1S/C38H33FN4O2/c1-26-13-22-37(29-9-5-4-6-10-29)43(26)34-16-14-30(15-17-34)38(44)41-40-24-32-23-27(2)42(28(32)3)33-18-20-35(21-19-33)45-25-31-11-7-8-12-36(31)39/h4-24H,25H2,1-3H3,(H,41,44)/b40-24+. The van der Waals surface area contributed by atoms with Crippen molar-refractivity contribution >= 4 is 12.1 Å². The molecule has 6 rings (SSSR count). The van der Waals surface area contributed by atoms with Crippen molar-refractivity contribution in [1.29, 1.82) is 0 Å². The number of carbonyl (C=O) groups is 1. The summed E-state index contributed by atoms with van der Waals surface area (Å²) in [4.78, 5) is 12.9. The number of ether oxygens (including phenoxy) is 1. The van der Waals surface area contributed by atoms with E-state index in [-0.39, 0.29) is 18.3 Å². The molecule has 224 valence electrons. The first-order chi connectivity index (χ1) is 21.9. The molecule has 0 unspecified atom stereocenters. The molecule has 0 saturated carbocycles. The molecule has 2 heterocycles. The molecule has 0 aliphatic carbocycles. The Morgan fingerprint density at radius 3 is 2.18 bits per heavy atom. The number of hydrogen-bond acceptors (Lipinski definition) is 3. The maximum atomic E-state index is 13.9. The van der Waals surface area contributed by atoms with Gasteiger partial charge in [-0.15, -0.1) is 0 Å². The van der Waals surface area contributed by atoms with E-state index < -0.39 is 0 Å². The third-order valence-corrected chi connectivity index (χ3v) is 7.82. The molecule has 0 aliphatic heterocycles. The molecule has 0 spiro atoms. The van der Waals surface area contributed by atoms with Crippen molar-refractivity contribution in [3.8, 4) is 28.4 Å². The number of halogens is 1. The number of nitrogens with zero attached hydrogens (tertiary/aromatic N) is 3. The van der Waals surface area contributed by atoms with Crippen molar-refractivity contribution in [3.05, 3.63) is 161 Å². The molecule has 0 bridgehead atoms. The Bertz CT molecular complexity index is 1970. The van der Waals surface area contributed by atoms with Crippen LogP contribution in [-0.2, 0) is 6.61 Å². The zero-order valence-corrected chi connectivity index (χ0v) is 25.4. The Labute approximate surface area is 262 Å². The number of amides is 1. The van der Waals surface area contributed by atoms with Crippen LogP contribution in [0.3, 0.4) is 0 Å². The number of aromatic nitrogens is 2. The van der Waals surface area contributed by atoms with Crippen LogP contribution < -0.4 is 10.2 Å². The van der Waals surface area contributed by atoms with E-state index in [4.69, 9.17) is 4.74 Å². The SMILES string of the molecule is Cc1ccc(-c2ccccc2)n1-c1ccc(C(=O)N/N=C/c2cc(C)n(-c3ccc(OCc4ccccc4F)cc3)c2C)cc1. The minimum atomic E-state index is -0.287. The van der Waals surface area contributed by atoms with Gasteiger partial charge < -0.3 is 13.9 Å². The Morgan fingerprint density at radius 2 is 1.44 bits per heavy atom. The fourth-order valence-electron chi connectivity index (χ4n) is 5.49. The molecule has 7 heteroatoms. The van der Waals surface area contributed by atoms with Crippen LogP contribution in [0.25, 0.3) is 22.6 Å². The first kappa shape index (κ1) is 29.4. The second-order valence-corrected chi connectivity index (χ2v) is 10.8. The molecule has 1 amide bonds. The summed E-state index contributed by atoms with van der Waals surface area (Å²) in [5, 5.41) is 4.25. The quantitative estimate of drug-likeness (QED) is 0.135. The molecule has 45 heavy (non-hydrogen) atoms. The van der Waals surface area contributed by atoms with Gasteiger partial charge >= 0.3 is 0 Å². The van der Waals surface area contributed by atoms with Gasteiger partial charge in [-0.3, -0.25) is 4.79 Å². The van der Waals surface area contributed by atoms with Crippen molar-refractivity contribution in [3.63, 3.8) is 0 Å². The molecular formula is C38H33FN4O2. The Morgan fingerprint density at radius 1 is 0.778 bits per heavy atom. The summed E-state index contributed by atoms with van der Waals surface area (Å²) in [6.45, 7) is 6.25. The van der Waals surface area contributed by atoms with Crippen LogP contribution in [0, 0.1) is 26.6 Å². The number of benzene rings is 4. The van der Waals surface area contributed by atoms with Crippen LogP contribution in [0.5, 0.6) is 5.75 Å². The molecule has 6 aromatic rings. The normalized spacial score (nSPS) is 11.2. The molecule has 1 N–H and O–H groups in total. The predicted octanol–water partition coefficient (Wildman–Crippen LogP) is 8.34. The van der Waals surface area contributed by atoms with E-state index in [9.17, 15) is 9.18 Å². The summed E-state index contributed by atoms with van der Waals surface area (Å²) in [6, 6.07) is 38.2. The van der Waals surface area contributed by atoms with Gasteiger partial charge in [0.05, 0.1) is 11.9 Å². The smallest absolute Gasteiger partial charge is 0.271 e. The van der Waals surface area contributed by atoms with Crippen molar-refractivity contribution in [2.24, 2.45) is 5.10 Å². The minimum absolute atomic E-state index is 0.159. The lowest BCUT2D eigenvalue weighted by Crippen LogP contribution is -2.17. The second-order valence-electron chi connectivity index (χ2n) is 10.8. The summed E-state index contributed by atoms with van der Waals surface area (Å²) in [5.41, 5.74) is 11.8. The van der Waals surface area contributed by atoms with Crippen LogP contribution in [0.2, 0.25) is 0 Å². The molecule has 6 nitrogen and oxygen atoms in total. The molecular weight excluding hydrogens is 563 g/mol. The van der Waals surface area contributed by atoms with Gasteiger partial charge in [-0.25, -0.2) is 9.82 Å². The van der Waals surface area contributed by atoms with Gasteiger partial charge in [0, 0.05) is 45.1 Å². The fraction of sp³-hybridized carbons (Fsp3) is 0.105. The highest BCUT2D eigenvalue weighted by Crippen LogP contribution is 2.27. The summed E-state index contributed by atoms with van der Waals surface area (Å²) in [6.07, 6.45) is 1.66. The highest BCUT2D eigenvalue weighted by atomic mass is 19.1. The van der Waals surface area contributed by atoms with Crippen molar-refractivity contribution in [1.82, 2.24) is 14.6 Å². The molecule has 0 radical (unpaired) electrons. The number of carbonyl (C=O) groups excluding carboxylic acids is 1. The van der Waals surface area contributed by atoms with E-state index in [0.717, 1.165) is 45.3 Å². The van der Waals surface area contributed by atoms with E-state index >= 15 is 0 Å². The molecule has 4 aromatic carbocycles. The van der Waals surface area contributed by atoms with Crippen LogP contribution >= 0.6 is 0 Å². The minimum Gasteiger partial charge on any atom is -0.489 e. The maximum absolute atomic E-state index is 13.9. The Kier molecular flexibility index (Phi) is 8.42. The highest BCUT2D eigenvalue weighted by molar-refractivity contribution is 5.95. The average Bonchev–Trinajstić information content (AvgIpc) is 3.59. The van der Waals surface area contributed by atoms with Gasteiger partial charge in [-0.1, -0.05) is 48.5 Å². The lowest BCUT2D eigenvalue weighted by Gasteiger charge is -2.12. The molecule has 2 aromatic heterocycles. The van der Waals surface area contributed by atoms with E-state index in [1.54, 1.807) is 24.4 Å². The molecule has 0 fully saturated rings. The monoisotopic (exact) mass is 596 g/mol.